The molecule has 252 valence electrons. The Labute approximate surface area is 282 Å². The largest absolute Gasteiger partial charge is 0.370 e. The molecule has 8 N–H and O–H groups in total. The van der Waals surface area contributed by atoms with Crippen LogP contribution in [-0.4, -0.2) is 44.6 Å². The van der Waals surface area contributed by atoms with Crippen LogP contribution in [0.25, 0.3) is 28.0 Å². The van der Waals surface area contributed by atoms with Crippen LogP contribution in [0.1, 0.15) is 44.2 Å². The van der Waals surface area contributed by atoms with Crippen LogP contribution in [0.15, 0.2) is 81.6 Å². The number of hydrogen-bond donors (Lipinski definition) is 6. The number of rotatable bonds is 15. The second kappa shape index (κ2) is 15.8. The Balaban J connectivity index is 1.29. The summed E-state index contributed by atoms with van der Waals surface area (Å²) in [6, 6.07) is 15.8. The number of pyridine rings is 1. The van der Waals surface area contributed by atoms with E-state index in [2.05, 4.69) is 44.4 Å². The molecule has 0 aliphatic rings. The van der Waals surface area contributed by atoms with Gasteiger partial charge in [0, 0.05) is 61.2 Å². The summed E-state index contributed by atoms with van der Waals surface area (Å²) in [6.45, 7) is 5.86. The lowest BCUT2D eigenvalue weighted by Gasteiger charge is -2.19. The number of hydrogen-bond acceptors (Lipinski definition) is 6. The van der Waals surface area contributed by atoms with Crippen LogP contribution in [0.3, 0.4) is 0 Å². The van der Waals surface area contributed by atoms with E-state index in [1.54, 1.807) is 24.5 Å². The van der Waals surface area contributed by atoms with Crippen LogP contribution in [0.2, 0.25) is 5.02 Å². The second-order valence-corrected chi connectivity index (χ2v) is 12.7. The van der Waals surface area contributed by atoms with Gasteiger partial charge in [-0.25, -0.2) is 9.18 Å². The Morgan fingerprint density at radius 3 is 2.58 bits per heavy atom. The monoisotopic (exact) mass is 673 g/mol. The summed E-state index contributed by atoms with van der Waals surface area (Å²) < 4.78 is 16.6. The summed E-state index contributed by atoms with van der Waals surface area (Å²) in [5, 5.41) is 7.47. The zero-order chi connectivity index (χ0) is 34.2. The molecule has 0 aliphatic carbocycles. The molecule has 0 bridgehead atoms. The van der Waals surface area contributed by atoms with Crippen molar-refractivity contribution in [2.24, 2.45) is 22.4 Å². The van der Waals surface area contributed by atoms with E-state index in [9.17, 15) is 9.59 Å². The highest BCUT2D eigenvalue weighted by atomic mass is 35.5. The second-order valence-electron chi connectivity index (χ2n) is 12.3. The number of nitrogens with two attached hydrogens (primary N) is 2. The van der Waals surface area contributed by atoms with E-state index < -0.39 is 11.5 Å². The number of benzene rings is 2. The van der Waals surface area contributed by atoms with Gasteiger partial charge in [0.25, 0.3) is 0 Å². The van der Waals surface area contributed by atoms with E-state index in [4.69, 9.17) is 23.1 Å². The van der Waals surface area contributed by atoms with Gasteiger partial charge in [0.2, 0.25) is 0 Å². The van der Waals surface area contributed by atoms with E-state index in [0.29, 0.717) is 65.8 Å². The number of aromatic nitrogens is 4. The lowest BCUT2D eigenvalue weighted by molar-refractivity contribution is 0.502. The number of fused-ring (bicyclic) bond motifs is 1. The molecule has 5 rings (SSSR count). The van der Waals surface area contributed by atoms with E-state index in [0.717, 1.165) is 30.4 Å². The van der Waals surface area contributed by atoms with Crippen LogP contribution in [-0.2, 0) is 13.0 Å². The molecule has 1 atom stereocenters. The minimum Gasteiger partial charge on any atom is -0.370 e. The van der Waals surface area contributed by atoms with Crippen molar-refractivity contribution in [2.75, 3.05) is 18.4 Å². The number of guanidine groups is 1. The van der Waals surface area contributed by atoms with Gasteiger partial charge in [0.1, 0.15) is 11.5 Å². The molecule has 5 aromatic rings. The average molecular weight is 674 g/mol. The van der Waals surface area contributed by atoms with Crippen molar-refractivity contribution in [1.82, 2.24) is 24.8 Å². The first-order valence-corrected chi connectivity index (χ1v) is 16.3. The highest BCUT2D eigenvalue weighted by Crippen LogP contribution is 2.31. The molecular weight excluding hydrogens is 633 g/mol. The molecule has 0 fully saturated rings. The summed E-state index contributed by atoms with van der Waals surface area (Å²) in [7, 11) is 0. The minimum atomic E-state index is -0.514. The molecular formula is C35H41ClFN9O2. The van der Waals surface area contributed by atoms with Gasteiger partial charge in [0.05, 0.1) is 16.4 Å². The van der Waals surface area contributed by atoms with Gasteiger partial charge in [0.15, 0.2) is 17.2 Å². The molecule has 13 heteroatoms. The fourth-order valence-corrected chi connectivity index (χ4v) is 5.71. The Hall–Kier alpha value is -4.94. The van der Waals surface area contributed by atoms with Crippen molar-refractivity contribution >= 4 is 34.4 Å². The van der Waals surface area contributed by atoms with Crippen LogP contribution < -0.4 is 33.2 Å². The topological polar surface area (TPSA) is 172 Å². The average Bonchev–Trinajstić information content (AvgIpc) is 3.46. The zero-order valence-corrected chi connectivity index (χ0v) is 27.8. The van der Waals surface area contributed by atoms with Crippen molar-refractivity contribution in [3.05, 3.63) is 110 Å². The molecule has 3 heterocycles. The summed E-state index contributed by atoms with van der Waals surface area (Å²) in [5.74, 6) is 0.718. The standard InChI is InChI=1S/C35H41ClFN9O2/c1-21(2)4-3-5-23-14-28(32(37)29(36)15-23)30-16-24-20-46(35(48)45-33(24)44-30)26-8-6-22(7-9-26)18-42-25(10-12-41-34(38)39)19-43-31-17-27(47)11-13-40-31/h6-9,11,13-17,20-21,25,42H,3-5,10,12,18-19H2,1-2H3,(H4,38,39,41)(H2,40,43,47)(H,44,45,48)/t25-/m1/s1. The lowest BCUT2D eigenvalue weighted by atomic mass is 10.00. The van der Waals surface area contributed by atoms with Crippen LogP contribution in [0, 0.1) is 11.7 Å². The number of nitrogens with one attached hydrogen (secondary N) is 4. The van der Waals surface area contributed by atoms with Crippen LogP contribution in [0.4, 0.5) is 10.2 Å². The highest BCUT2D eigenvalue weighted by Gasteiger charge is 2.16. The molecule has 0 saturated carbocycles. The summed E-state index contributed by atoms with van der Waals surface area (Å²) in [4.78, 5) is 39.2. The summed E-state index contributed by atoms with van der Waals surface area (Å²) in [6.07, 6.45) is 6.79. The van der Waals surface area contributed by atoms with Gasteiger partial charge in [-0.2, -0.15) is 4.98 Å². The van der Waals surface area contributed by atoms with Gasteiger partial charge in [-0.3, -0.25) is 14.4 Å². The van der Waals surface area contributed by atoms with Crippen LogP contribution in [0.5, 0.6) is 0 Å². The van der Waals surface area contributed by atoms with E-state index in [1.807, 2.05) is 30.3 Å². The maximum atomic E-state index is 15.2. The van der Waals surface area contributed by atoms with Gasteiger partial charge < -0.3 is 32.1 Å². The first-order valence-electron chi connectivity index (χ1n) is 16.0. The lowest BCUT2D eigenvalue weighted by Crippen LogP contribution is -2.36. The van der Waals surface area contributed by atoms with Crippen LogP contribution >= 0.6 is 11.6 Å². The molecule has 2 aromatic carbocycles. The van der Waals surface area contributed by atoms with Crippen molar-refractivity contribution in [2.45, 2.75) is 52.1 Å². The quantitative estimate of drug-likeness (QED) is 0.0665. The molecule has 0 radical (unpaired) electrons. The Morgan fingerprint density at radius 1 is 1.06 bits per heavy atom. The fraction of sp³-hybridized carbons (Fsp3) is 0.314. The molecule has 0 aliphatic heterocycles. The molecule has 0 amide bonds. The molecule has 0 saturated heterocycles. The normalized spacial score (nSPS) is 12.0. The maximum absolute atomic E-state index is 15.2. The molecule has 48 heavy (non-hydrogen) atoms. The first kappa shape index (κ1) is 34.4. The van der Waals surface area contributed by atoms with Gasteiger partial charge >= 0.3 is 5.69 Å². The maximum Gasteiger partial charge on any atom is 0.354 e. The van der Waals surface area contributed by atoms with E-state index in [1.165, 1.54) is 16.7 Å². The number of aliphatic imine (C=N–C) groups is 1. The number of aryl methyl sites for hydroxylation is 1. The third-order valence-electron chi connectivity index (χ3n) is 8.03. The first-order chi connectivity index (χ1) is 23.0. The number of H-pyrrole nitrogens is 2. The van der Waals surface area contributed by atoms with Crippen molar-refractivity contribution < 1.29 is 4.39 Å². The number of nitrogens with zero attached hydrogens (tertiary/aromatic N) is 3. The van der Waals surface area contributed by atoms with Gasteiger partial charge in [-0.1, -0.05) is 44.0 Å². The third-order valence-corrected chi connectivity index (χ3v) is 8.30. The van der Waals surface area contributed by atoms with Gasteiger partial charge in [-0.15, -0.1) is 0 Å². The minimum absolute atomic E-state index is 0.0195. The van der Waals surface area contributed by atoms with Crippen molar-refractivity contribution in [3.8, 4) is 16.9 Å². The Bertz CT molecular complexity index is 2000. The number of anilines is 1. The smallest absolute Gasteiger partial charge is 0.354 e. The SMILES string of the molecule is CC(C)CCCc1cc(Cl)c(F)c(-c2cc3cn(-c4ccc(CN[C@H](CCN=C(N)N)CNc5cc(=O)cc[nH]5)cc4)c(=O)nc3[nH]2)c1. The summed E-state index contributed by atoms with van der Waals surface area (Å²) in [5.41, 5.74) is 14.2. The predicted molar refractivity (Wildman–Crippen MR) is 191 cm³/mol. The Morgan fingerprint density at radius 2 is 1.85 bits per heavy atom. The van der Waals surface area contributed by atoms with E-state index in [-0.39, 0.29) is 22.5 Å². The molecule has 0 unspecified atom stereocenters. The summed E-state index contributed by atoms with van der Waals surface area (Å²) >= 11 is 6.28. The van der Waals surface area contributed by atoms with E-state index >= 15 is 4.39 Å². The number of aromatic amines is 2. The van der Waals surface area contributed by atoms with Crippen molar-refractivity contribution in [3.63, 3.8) is 0 Å². The third kappa shape index (κ3) is 9.11. The fourth-order valence-electron chi connectivity index (χ4n) is 5.47. The highest BCUT2D eigenvalue weighted by molar-refractivity contribution is 6.31. The Kier molecular flexibility index (Phi) is 11.3. The number of halogens is 2. The molecule has 0 spiro atoms. The van der Waals surface area contributed by atoms with Gasteiger partial charge in [-0.05, 0) is 66.6 Å². The molecule has 3 aromatic heterocycles. The molecule has 11 nitrogen and oxygen atoms in total. The predicted octanol–water partition coefficient (Wildman–Crippen LogP) is 5.07. The zero-order valence-electron chi connectivity index (χ0n) is 27.0. The van der Waals surface area contributed by atoms with Crippen molar-refractivity contribution in [1.29, 1.82) is 0 Å².